The summed E-state index contributed by atoms with van der Waals surface area (Å²) in [5.41, 5.74) is 1.64. The van der Waals surface area contributed by atoms with E-state index in [0.717, 1.165) is 25.1 Å². The first-order valence-corrected chi connectivity index (χ1v) is 11.9. The van der Waals surface area contributed by atoms with Crippen molar-refractivity contribution in [3.8, 4) is 6.07 Å². The SMILES string of the molecule is CCOC(C)COC(C)COC(C)COC(=O)/C(C#N)=C(\C=C(/CC)NCCCOC)CC. The fraction of sp³-hybridized carbons (Fsp3) is 0.760. The van der Waals surface area contributed by atoms with Crippen molar-refractivity contribution in [1.29, 1.82) is 5.26 Å². The Kier molecular flexibility index (Phi) is 18.4. The van der Waals surface area contributed by atoms with Crippen molar-refractivity contribution in [1.82, 2.24) is 5.32 Å². The Morgan fingerprint density at radius 3 is 2.09 bits per heavy atom. The van der Waals surface area contributed by atoms with Gasteiger partial charge in [0, 0.05) is 32.6 Å². The zero-order valence-corrected chi connectivity index (χ0v) is 21.6. The van der Waals surface area contributed by atoms with Crippen LogP contribution in [-0.2, 0) is 28.5 Å². The molecule has 0 spiro atoms. The third-order valence-electron chi connectivity index (χ3n) is 4.76. The molecule has 3 unspecified atom stereocenters. The van der Waals surface area contributed by atoms with E-state index < -0.39 is 5.97 Å². The molecule has 0 aromatic carbocycles. The largest absolute Gasteiger partial charge is 0.459 e. The Hall–Kier alpha value is -1.92. The summed E-state index contributed by atoms with van der Waals surface area (Å²) in [5, 5.41) is 12.9. The molecule has 0 aliphatic rings. The summed E-state index contributed by atoms with van der Waals surface area (Å²) >= 11 is 0. The predicted molar refractivity (Wildman–Crippen MR) is 129 cm³/mol. The van der Waals surface area contributed by atoms with Crippen molar-refractivity contribution in [2.45, 2.75) is 79.1 Å². The molecule has 0 saturated carbocycles. The number of nitrogens with zero attached hydrogens (tertiary/aromatic N) is 1. The normalized spacial score (nSPS) is 15.3. The Bertz CT molecular complexity index is 641. The van der Waals surface area contributed by atoms with E-state index in [1.54, 1.807) is 7.11 Å². The van der Waals surface area contributed by atoms with E-state index in [9.17, 15) is 10.1 Å². The highest BCUT2D eigenvalue weighted by atomic mass is 16.6. The molecule has 0 bridgehead atoms. The van der Waals surface area contributed by atoms with Crippen LogP contribution in [0.15, 0.2) is 22.9 Å². The molecule has 33 heavy (non-hydrogen) atoms. The quantitative estimate of drug-likeness (QED) is 0.100. The molecule has 0 aliphatic carbocycles. The van der Waals surface area contributed by atoms with Crippen LogP contribution in [0.4, 0.5) is 0 Å². The summed E-state index contributed by atoms with van der Waals surface area (Å²) in [4.78, 5) is 12.6. The second kappa shape index (κ2) is 19.5. The van der Waals surface area contributed by atoms with Gasteiger partial charge >= 0.3 is 5.97 Å². The van der Waals surface area contributed by atoms with Gasteiger partial charge in [0.1, 0.15) is 18.2 Å². The van der Waals surface area contributed by atoms with Gasteiger partial charge in [-0.05, 0) is 58.6 Å². The predicted octanol–water partition coefficient (Wildman–Crippen LogP) is 3.91. The highest BCUT2D eigenvalue weighted by molar-refractivity contribution is 5.94. The monoisotopic (exact) mass is 468 g/mol. The van der Waals surface area contributed by atoms with Gasteiger partial charge in [0.15, 0.2) is 0 Å². The van der Waals surface area contributed by atoms with Crippen LogP contribution in [0.5, 0.6) is 0 Å². The summed E-state index contributed by atoms with van der Waals surface area (Å²) in [6.07, 6.45) is 3.65. The molecule has 0 aliphatic heterocycles. The van der Waals surface area contributed by atoms with Crippen LogP contribution in [0.25, 0.3) is 0 Å². The number of hydrogen-bond acceptors (Lipinski definition) is 8. The van der Waals surface area contributed by atoms with Gasteiger partial charge in [-0.2, -0.15) is 5.26 Å². The van der Waals surface area contributed by atoms with Crippen LogP contribution < -0.4 is 5.32 Å². The molecule has 0 aromatic heterocycles. The molecular formula is C25H44N2O6. The average molecular weight is 469 g/mol. The minimum absolute atomic E-state index is 0.0240. The van der Waals surface area contributed by atoms with Gasteiger partial charge in [0.2, 0.25) is 0 Å². The molecule has 0 saturated heterocycles. The van der Waals surface area contributed by atoms with Crippen LogP contribution in [0.1, 0.15) is 60.8 Å². The maximum atomic E-state index is 12.6. The molecule has 190 valence electrons. The van der Waals surface area contributed by atoms with Crippen molar-refractivity contribution in [3.63, 3.8) is 0 Å². The molecule has 0 heterocycles. The zero-order chi connectivity index (χ0) is 25.1. The average Bonchev–Trinajstić information content (AvgIpc) is 2.81. The molecule has 0 rings (SSSR count). The number of hydrogen-bond donors (Lipinski definition) is 1. The summed E-state index contributed by atoms with van der Waals surface area (Å²) in [6.45, 7) is 14.6. The van der Waals surface area contributed by atoms with E-state index in [2.05, 4.69) is 5.32 Å². The molecule has 0 aromatic rings. The van der Waals surface area contributed by atoms with Gasteiger partial charge < -0.3 is 29.0 Å². The molecule has 0 radical (unpaired) electrons. The summed E-state index contributed by atoms with van der Waals surface area (Å²) in [5.74, 6) is -0.634. The first-order chi connectivity index (χ1) is 15.8. The zero-order valence-electron chi connectivity index (χ0n) is 21.6. The smallest absolute Gasteiger partial charge is 0.349 e. The lowest BCUT2D eigenvalue weighted by Crippen LogP contribution is -2.27. The Balaban J connectivity index is 4.76. The van der Waals surface area contributed by atoms with E-state index in [4.69, 9.17) is 23.7 Å². The molecule has 8 nitrogen and oxygen atoms in total. The minimum atomic E-state index is -0.634. The number of rotatable bonds is 19. The highest BCUT2D eigenvalue weighted by Gasteiger charge is 2.17. The molecular weight excluding hydrogens is 424 g/mol. The standard InChI is InChI=1S/C25H44N2O6/c1-8-22(14-23(9-2)27-12-11-13-29-7)24(15-26)25(28)33-18-21(6)32-17-20(5)31-16-19(4)30-10-3/h14,19-21,27H,8-13,16-18H2,1-7H3/b23-14+,24-22-. The maximum Gasteiger partial charge on any atom is 0.349 e. The molecule has 0 amide bonds. The number of ether oxygens (including phenoxy) is 5. The fourth-order valence-corrected chi connectivity index (χ4v) is 2.85. The number of nitriles is 1. The Labute approximate surface area is 200 Å². The van der Waals surface area contributed by atoms with Gasteiger partial charge in [-0.3, -0.25) is 0 Å². The lowest BCUT2D eigenvalue weighted by Gasteiger charge is -2.19. The Morgan fingerprint density at radius 2 is 1.58 bits per heavy atom. The fourth-order valence-electron chi connectivity index (χ4n) is 2.85. The van der Waals surface area contributed by atoms with Crippen molar-refractivity contribution in [2.24, 2.45) is 0 Å². The van der Waals surface area contributed by atoms with Gasteiger partial charge in [-0.15, -0.1) is 0 Å². The second-order valence-electron chi connectivity index (χ2n) is 7.81. The van der Waals surface area contributed by atoms with Gasteiger partial charge in [-0.25, -0.2) is 4.79 Å². The minimum Gasteiger partial charge on any atom is -0.459 e. The molecule has 3 atom stereocenters. The number of allylic oxidation sites excluding steroid dienone is 3. The summed E-state index contributed by atoms with van der Waals surface area (Å²) in [6, 6.07) is 2.01. The van der Waals surface area contributed by atoms with Crippen LogP contribution in [0, 0.1) is 11.3 Å². The van der Waals surface area contributed by atoms with Crippen molar-refractivity contribution < 1.29 is 28.5 Å². The third kappa shape index (κ3) is 14.8. The van der Waals surface area contributed by atoms with Crippen LogP contribution in [0.2, 0.25) is 0 Å². The molecule has 8 heteroatoms. The second-order valence-corrected chi connectivity index (χ2v) is 7.81. The van der Waals surface area contributed by atoms with Gasteiger partial charge in [-0.1, -0.05) is 13.8 Å². The summed E-state index contributed by atoms with van der Waals surface area (Å²) < 4.78 is 27.3. The van der Waals surface area contributed by atoms with Crippen LogP contribution in [-0.4, -0.2) is 71.0 Å². The number of esters is 1. The van der Waals surface area contributed by atoms with Crippen molar-refractivity contribution in [2.75, 3.05) is 46.7 Å². The Morgan fingerprint density at radius 1 is 0.970 bits per heavy atom. The van der Waals surface area contributed by atoms with E-state index in [1.807, 2.05) is 53.7 Å². The number of carbonyl (C=O) groups excluding carboxylic acids is 1. The van der Waals surface area contributed by atoms with E-state index in [-0.39, 0.29) is 30.5 Å². The maximum absolute atomic E-state index is 12.6. The first kappa shape index (κ1) is 31.1. The number of carbonyl (C=O) groups is 1. The van der Waals surface area contributed by atoms with E-state index >= 15 is 0 Å². The van der Waals surface area contributed by atoms with Gasteiger partial charge in [0.05, 0.1) is 31.5 Å². The van der Waals surface area contributed by atoms with Gasteiger partial charge in [0.25, 0.3) is 0 Å². The number of nitrogens with one attached hydrogen (secondary N) is 1. The van der Waals surface area contributed by atoms with Crippen LogP contribution >= 0.6 is 0 Å². The lowest BCUT2D eigenvalue weighted by atomic mass is 10.0. The number of methoxy groups -OCH3 is 1. The summed E-state index contributed by atoms with van der Waals surface area (Å²) in [7, 11) is 1.67. The molecule has 1 N–H and O–H groups in total. The topological polar surface area (TPSA) is 99.0 Å². The third-order valence-corrected chi connectivity index (χ3v) is 4.76. The molecule has 0 fully saturated rings. The van der Waals surface area contributed by atoms with Crippen LogP contribution in [0.3, 0.4) is 0 Å². The first-order valence-electron chi connectivity index (χ1n) is 11.9. The van der Waals surface area contributed by atoms with E-state index in [0.29, 0.717) is 38.4 Å². The lowest BCUT2D eigenvalue weighted by molar-refractivity contribution is -0.143. The van der Waals surface area contributed by atoms with Crippen molar-refractivity contribution in [3.05, 3.63) is 22.9 Å². The highest BCUT2D eigenvalue weighted by Crippen LogP contribution is 2.15. The van der Waals surface area contributed by atoms with Crippen molar-refractivity contribution >= 4 is 5.97 Å². The van der Waals surface area contributed by atoms with E-state index in [1.165, 1.54) is 0 Å².